The summed E-state index contributed by atoms with van der Waals surface area (Å²) in [5.41, 5.74) is -0.166. The number of hydrogen-bond donors (Lipinski definition) is 1. The van der Waals surface area contributed by atoms with Crippen molar-refractivity contribution in [2.45, 2.75) is 32.0 Å². The van der Waals surface area contributed by atoms with Crippen molar-refractivity contribution >= 4 is 0 Å². The maximum Gasteiger partial charge on any atom is 0.173 e. The standard InChI is InChI=1S/C30H35NO6/c1-22-6-11-27(36-22)20-31(18-5-19-33-2)21-28-16-17-29(37-28)30(32,23-7-12-25(34-3)13-8-23)24-9-14-26(35-4)15-10-24/h6-17,32H,5,18-21H2,1-4H3. The van der Waals surface area contributed by atoms with Crippen LogP contribution < -0.4 is 9.47 Å². The first kappa shape index (κ1) is 26.5. The Morgan fingerprint density at radius 1 is 0.730 bits per heavy atom. The van der Waals surface area contributed by atoms with Gasteiger partial charge in [-0.05, 0) is 73.0 Å². The van der Waals surface area contributed by atoms with Crippen molar-refractivity contribution in [3.8, 4) is 11.5 Å². The van der Waals surface area contributed by atoms with Crippen LogP contribution in [0.3, 0.4) is 0 Å². The lowest BCUT2D eigenvalue weighted by molar-refractivity contribution is 0.0943. The first-order valence-corrected chi connectivity index (χ1v) is 12.3. The number of rotatable bonds is 13. The monoisotopic (exact) mass is 505 g/mol. The van der Waals surface area contributed by atoms with Crippen molar-refractivity contribution in [3.63, 3.8) is 0 Å². The first-order chi connectivity index (χ1) is 18.0. The van der Waals surface area contributed by atoms with Gasteiger partial charge in [0.2, 0.25) is 0 Å². The molecule has 1 N–H and O–H groups in total. The van der Waals surface area contributed by atoms with Crippen molar-refractivity contribution in [3.05, 3.63) is 107 Å². The van der Waals surface area contributed by atoms with Crippen molar-refractivity contribution < 1.29 is 28.2 Å². The summed E-state index contributed by atoms with van der Waals surface area (Å²) in [5.74, 6) is 4.38. The van der Waals surface area contributed by atoms with Gasteiger partial charge in [0.1, 0.15) is 34.5 Å². The molecule has 0 radical (unpaired) electrons. The predicted molar refractivity (Wildman–Crippen MR) is 141 cm³/mol. The van der Waals surface area contributed by atoms with Gasteiger partial charge in [-0.2, -0.15) is 0 Å². The van der Waals surface area contributed by atoms with Crippen LogP contribution in [0.1, 0.15) is 40.6 Å². The molecule has 4 rings (SSSR count). The second-order valence-electron chi connectivity index (χ2n) is 9.00. The van der Waals surface area contributed by atoms with E-state index < -0.39 is 5.60 Å². The molecule has 0 fully saturated rings. The molecule has 0 saturated carbocycles. The molecule has 37 heavy (non-hydrogen) atoms. The van der Waals surface area contributed by atoms with Crippen LogP contribution in [-0.2, 0) is 23.4 Å². The Morgan fingerprint density at radius 3 is 1.76 bits per heavy atom. The first-order valence-electron chi connectivity index (χ1n) is 12.3. The van der Waals surface area contributed by atoms with Crippen LogP contribution in [0.15, 0.2) is 81.6 Å². The highest BCUT2D eigenvalue weighted by molar-refractivity contribution is 5.46. The van der Waals surface area contributed by atoms with Gasteiger partial charge in [0.25, 0.3) is 0 Å². The van der Waals surface area contributed by atoms with E-state index in [1.807, 2.05) is 79.7 Å². The van der Waals surface area contributed by atoms with Crippen LogP contribution >= 0.6 is 0 Å². The molecule has 0 amide bonds. The number of aryl methyl sites for hydroxylation is 1. The SMILES string of the molecule is COCCCN(Cc1ccc(C)o1)Cc1ccc(C(O)(c2ccc(OC)cc2)c2ccc(OC)cc2)o1. The van der Waals surface area contributed by atoms with Crippen molar-refractivity contribution in [1.82, 2.24) is 4.90 Å². The molecule has 0 saturated heterocycles. The molecule has 0 aliphatic heterocycles. The molecular formula is C30H35NO6. The van der Waals surface area contributed by atoms with Crippen molar-refractivity contribution in [2.75, 3.05) is 34.5 Å². The van der Waals surface area contributed by atoms with Gasteiger partial charge in [0.15, 0.2) is 5.60 Å². The predicted octanol–water partition coefficient (Wildman–Crippen LogP) is 5.52. The highest BCUT2D eigenvalue weighted by Crippen LogP contribution is 2.39. The molecule has 0 unspecified atom stereocenters. The van der Waals surface area contributed by atoms with Gasteiger partial charge in [0.05, 0.1) is 27.3 Å². The lowest BCUT2D eigenvalue weighted by Crippen LogP contribution is -2.28. The lowest BCUT2D eigenvalue weighted by atomic mass is 9.84. The normalized spacial score (nSPS) is 11.7. The quantitative estimate of drug-likeness (QED) is 0.240. The van der Waals surface area contributed by atoms with Gasteiger partial charge in [-0.25, -0.2) is 0 Å². The van der Waals surface area contributed by atoms with Gasteiger partial charge in [-0.3, -0.25) is 4.90 Å². The third-order valence-electron chi connectivity index (χ3n) is 6.41. The highest BCUT2D eigenvalue weighted by Gasteiger charge is 2.37. The van der Waals surface area contributed by atoms with Gasteiger partial charge in [-0.15, -0.1) is 0 Å². The molecule has 2 heterocycles. The third-order valence-corrected chi connectivity index (χ3v) is 6.41. The number of nitrogens with zero attached hydrogens (tertiary/aromatic N) is 1. The molecule has 2 aromatic carbocycles. The Labute approximate surface area is 218 Å². The Hall–Kier alpha value is -3.52. The zero-order valence-corrected chi connectivity index (χ0v) is 21.9. The molecule has 0 aliphatic rings. The summed E-state index contributed by atoms with van der Waals surface area (Å²) in [5, 5.41) is 12.2. The Bertz CT molecular complexity index is 1190. The minimum absolute atomic E-state index is 0.434. The number of benzene rings is 2. The van der Waals surface area contributed by atoms with E-state index in [-0.39, 0.29) is 0 Å². The van der Waals surface area contributed by atoms with Crippen molar-refractivity contribution in [2.24, 2.45) is 0 Å². The second-order valence-corrected chi connectivity index (χ2v) is 9.00. The van der Waals surface area contributed by atoms with Crippen LogP contribution in [-0.4, -0.2) is 44.5 Å². The van der Waals surface area contributed by atoms with E-state index >= 15 is 0 Å². The fourth-order valence-corrected chi connectivity index (χ4v) is 4.43. The third kappa shape index (κ3) is 6.25. The van der Waals surface area contributed by atoms with E-state index in [0.717, 1.165) is 30.2 Å². The molecule has 0 spiro atoms. The van der Waals surface area contributed by atoms with Crippen molar-refractivity contribution in [1.29, 1.82) is 0 Å². The summed E-state index contributed by atoms with van der Waals surface area (Å²) in [6, 6.07) is 22.4. The largest absolute Gasteiger partial charge is 0.497 e. The average molecular weight is 506 g/mol. The van der Waals surface area contributed by atoms with Crippen LogP contribution in [0, 0.1) is 6.92 Å². The fourth-order valence-electron chi connectivity index (χ4n) is 4.43. The van der Waals surface area contributed by atoms with Gasteiger partial charge < -0.3 is 28.2 Å². The van der Waals surface area contributed by atoms with Gasteiger partial charge in [-0.1, -0.05) is 24.3 Å². The van der Waals surface area contributed by atoms with E-state index in [9.17, 15) is 5.11 Å². The van der Waals surface area contributed by atoms with Crippen LogP contribution in [0.5, 0.6) is 11.5 Å². The van der Waals surface area contributed by atoms with Crippen LogP contribution in [0.2, 0.25) is 0 Å². The second kappa shape index (κ2) is 12.1. The highest BCUT2D eigenvalue weighted by atomic mass is 16.5. The summed E-state index contributed by atoms with van der Waals surface area (Å²) < 4.78 is 28.0. The summed E-state index contributed by atoms with van der Waals surface area (Å²) in [6.45, 7) is 4.63. The topological polar surface area (TPSA) is 77.4 Å². The molecule has 7 heteroatoms. The molecule has 0 bridgehead atoms. The Balaban J connectivity index is 1.64. The smallest absolute Gasteiger partial charge is 0.173 e. The lowest BCUT2D eigenvalue weighted by Gasteiger charge is -2.28. The summed E-state index contributed by atoms with van der Waals surface area (Å²) in [4.78, 5) is 2.25. The Morgan fingerprint density at radius 2 is 1.27 bits per heavy atom. The summed E-state index contributed by atoms with van der Waals surface area (Å²) in [6.07, 6.45) is 0.880. The number of methoxy groups -OCH3 is 3. The van der Waals surface area contributed by atoms with Gasteiger partial charge in [0, 0.05) is 20.3 Å². The summed E-state index contributed by atoms with van der Waals surface area (Å²) in [7, 11) is 4.94. The molecule has 0 aliphatic carbocycles. The maximum absolute atomic E-state index is 12.2. The molecule has 0 atom stereocenters. The number of hydrogen-bond acceptors (Lipinski definition) is 7. The average Bonchev–Trinajstić information content (AvgIpc) is 3.57. The zero-order chi connectivity index (χ0) is 26.3. The maximum atomic E-state index is 12.2. The van der Waals surface area contributed by atoms with E-state index in [4.69, 9.17) is 23.0 Å². The molecule has 7 nitrogen and oxygen atoms in total. The minimum Gasteiger partial charge on any atom is -0.497 e. The number of furan rings is 2. The van der Waals surface area contributed by atoms with E-state index in [1.165, 1.54) is 0 Å². The van der Waals surface area contributed by atoms with Crippen LogP contribution in [0.4, 0.5) is 0 Å². The minimum atomic E-state index is -1.50. The summed E-state index contributed by atoms with van der Waals surface area (Å²) >= 11 is 0. The Kier molecular flexibility index (Phi) is 8.71. The molecule has 2 aromatic heterocycles. The fraction of sp³-hybridized carbons (Fsp3) is 0.333. The number of aliphatic hydroxyl groups is 1. The molecule has 4 aromatic rings. The molecular weight excluding hydrogens is 470 g/mol. The van der Waals surface area contributed by atoms with E-state index in [2.05, 4.69) is 4.90 Å². The van der Waals surface area contributed by atoms with Crippen LogP contribution in [0.25, 0.3) is 0 Å². The van der Waals surface area contributed by atoms with Gasteiger partial charge >= 0.3 is 0 Å². The van der Waals surface area contributed by atoms with E-state index in [1.54, 1.807) is 21.3 Å². The zero-order valence-electron chi connectivity index (χ0n) is 21.9. The molecule has 196 valence electrons. The number of ether oxygens (including phenoxy) is 3. The van der Waals surface area contributed by atoms with E-state index in [0.29, 0.717) is 48.1 Å².